The summed E-state index contributed by atoms with van der Waals surface area (Å²) < 4.78 is 2.00. The number of nitrogens with zero attached hydrogens (tertiary/aromatic N) is 3. The van der Waals surface area contributed by atoms with Crippen LogP contribution in [-0.4, -0.2) is 33.3 Å². The lowest BCUT2D eigenvalue weighted by Crippen LogP contribution is -2.36. The summed E-state index contributed by atoms with van der Waals surface area (Å²) in [5, 5.41) is 0.658. The number of aromatic nitrogens is 2. The van der Waals surface area contributed by atoms with Crippen LogP contribution in [0.5, 0.6) is 0 Å². The summed E-state index contributed by atoms with van der Waals surface area (Å²) in [4.78, 5) is 19.5. The van der Waals surface area contributed by atoms with Gasteiger partial charge < -0.3 is 9.30 Å². The Morgan fingerprint density at radius 3 is 2.62 bits per heavy atom. The number of halogens is 1. The first-order chi connectivity index (χ1) is 12.7. The van der Waals surface area contributed by atoms with Crippen LogP contribution >= 0.6 is 11.6 Å². The molecule has 1 saturated heterocycles. The third kappa shape index (κ3) is 3.47. The Morgan fingerprint density at radius 1 is 1.08 bits per heavy atom. The van der Waals surface area contributed by atoms with Crippen molar-refractivity contribution in [2.45, 2.75) is 31.6 Å². The van der Waals surface area contributed by atoms with Gasteiger partial charge in [0, 0.05) is 37.8 Å². The van der Waals surface area contributed by atoms with Gasteiger partial charge in [0.1, 0.15) is 5.65 Å². The molecule has 0 N–H and O–H groups in total. The van der Waals surface area contributed by atoms with Gasteiger partial charge in [0.2, 0.25) is 5.91 Å². The van der Waals surface area contributed by atoms with E-state index in [0.717, 1.165) is 42.8 Å². The van der Waals surface area contributed by atoms with Gasteiger partial charge in [0.25, 0.3) is 0 Å². The van der Waals surface area contributed by atoms with Crippen LogP contribution in [0.2, 0.25) is 5.02 Å². The molecule has 1 atom stereocenters. The fourth-order valence-corrected chi connectivity index (χ4v) is 3.92. The van der Waals surface area contributed by atoms with Crippen molar-refractivity contribution in [2.24, 2.45) is 0 Å². The lowest BCUT2D eigenvalue weighted by atomic mass is 9.92. The number of hydrogen-bond acceptors (Lipinski definition) is 2. The highest BCUT2D eigenvalue weighted by atomic mass is 35.5. The Morgan fingerprint density at radius 2 is 1.85 bits per heavy atom. The summed E-state index contributed by atoms with van der Waals surface area (Å²) in [5.74, 6) is 0.176. The van der Waals surface area contributed by atoms with Crippen molar-refractivity contribution in [3.8, 4) is 0 Å². The van der Waals surface area contributed by atoms with Crippen molar-refractivity contribution in [3.05, 3.63) is 71.1 Å². The number of carbonyl (C=O) groups is 1. The molecule has 0 radical (unpaired) electrons. The van der Waals surface area contributed by atoms with Gasteiger partial charge in [-0.05, 0) is 37.0 Å². The van der Waals surface area contributed by atoms with E-state index in [4.69, 9.17) is 11.6 Å². The maximum Gasteiger partial charge on any atom is 0.223 e. The van der Waals surface area contributed by atoms with Crippen molar-refractivity contribution in [2.75, 3.05) is 13.1 Å². The van der Waals surface area contributed by atoms with Crippen molar-refractivity contribution in [1.29, 1.82) is 0 Å². The minimum Gasteiger partial charge on any atom is -0.343 e. The highest BCUT2D eigenvalue weighted by Gasteiger charge is 2.25. The molecule has 1 aliphatic rings. The fourth-order valence-electron chi connectivity index (χ4n) is 3.76. The van der Waals surface area contributed by atoms with E-state index in [0.29, 0.717) is 11.4 Å². The number of piperidine rings is 1. The van der Waals surface area contributed by atoms with Gasteiger partial charge >= 0.3 is 0 Å². The zero-order valence-corrected chi connectivity index (χ0v) is 15.4. The molecule has 1 fully saturated rings. The van der Waals surface area contributed by atoms with Crippen LogP contribution in [0, 0.1) is 0 Å². The Kier molecular flexibility index (Phi) is 4.93. The van der Waals surface area contributed by atoms with Crippen LogP contribution in [0.15, 0.2) is 54.9 Å². The highest BCUT2D eigenvalue weighted by Crippen LogP contribution is 2.30. The van der Waals surface area contributed by atoms with Gasteiger partial charge in [-0.2, -0.15) is 0 Å². The van der Waals surface area contributed by atoms with Crippen LogP contribution < -0.4 is 0 Å². The van der Waals surface area contributed by atoms with Crippen LogP contribution in [-0.2, 0) is 4.79 Å². The molecule has 1 aliphatic heterocycles. The Labute approximate surface area is 158 Å². The van der Waals surface area contributed by atoms with E-state index < -0.39 is 0 Å². The normalized spacial score (nSPS) is 16.0. The van der Waals surface area contributed by atoms with Gasteiger partial charge in [-0.15, -0.1) is 0 Å². The third-order valence-electron chi connectivity index (χ3n) is 5.14. The topological polar surface area (TPSA) is 37.6 Å². The molecule has 0 aliphatic carbocycles. The maximum absolute atomic E-state index is 13.0. The maximum atomic E-state index is 13.0. The highest BCUT2D eigenvalue weighted by molar-refractivity contribution is 6.30. The number of hydrogen-bond donors (Lipinski definition) is 0. The summed E-state index contributed by atoms with van der Waals surface area (Å²) in [7, 11) is 0. The van der Waals surface area contributed by atoms with E-state index in [1.54, 1.807) is 0 Å². The van der Waals surface area contributed by atoms with Crippen molar-refractivity contribution in [3.63, 3.8) is 0 Å². The van der Waals surface area contributed by atoms with E-state index >= 15 is 0 Å². The van der Waals surface area contributed by atoms with Crippen molar-refractivity contribution in [1.82, 2.24) is 14.3 Å². The largest absolute Gasteiger partial charge is 0.343 e. The van der Waals surface area contributed by atoms with Crippen molar-refractivity contribution < 1.29 is 4.79 Å². The van der Waals surface area contributed by atoms with Gasteiger partial charge in [-0.25, -0.2) is 4.98 Å². The second-order valence-electron chi connectivity index (χ2n) is 6.87. The van der Waals surface area contributed by atoms with Gasteiger partial charge in [0.15, 0.2) is 0 Å². The minimum absolute atomic E-state index is 0.0425. The number of amides is 1. The molecule has 1 unspecified atom stereocenters. The third-order valence-corrected chi connectivity index (χ3v) is 5.37. The van der Waals surface area contributed by atoms with Gasteiger partial charge in [-0.1, -0.05) is 41.9 Å². The first-order valence-corrected chi connectivity index (χ1v) is 9.55. The average Bonchev–Trinajstić information content (AvgIpc) is 3.10. The SMILES string of the molecule is O=C(CC(c1ccccc1)c1cnc2ccc(Cl)cn12)N1CCCCC1. The number of carbonyl (C=O) groups excluding carboxylic acids is 1. The smallest absolute Gasteiger partial charge is 0.223 e. The summed E-state index contributed by atoms with van der Waals surface area (Å²) >= 11 is 6.20. The predicted octanol–water partition coefficient (Wildman–Crippen LogP) is 4.52. The summed E-state index contributed by atoms with van der Waals surface area (Å²) in [6.07, 6.45) is 7.62. The monoisotopic (exact) mass is 367 g/mol. The molecule has 2 aromatic heterocycles. The van der Waals surface area contributed by atoms with Gasteiger partial charge in [-0.3, -0.25) is 4.79 Å². The molecular weight excluding hydrogens is 346 g/mol. The van der Waals surface area contributed by atoms with E-state index in [9.17, 15) is 4.79 Å². The molecule has 134 valence electrons. The van der Waals surface area contributed by atoms with Crippen molar-refractivity contribution >= 4 is 23.2 Å². The molecule has 0 bridgehead atoms. The van der Waals surface area contributed by atoms with Gasteiger partial charge in [0.05, 0.1) is 10.7 Å². The summed E-state index contributed by atoms with van der Waals surface area (Å²) in [6, 6.07) is 13.9. The Bertz CT molecular complexity index is 900. The fraction of sp³-hybridized carbons (Fsp3) is 0.333. The zero-order valence-electron chi connectivity index (χ0n) is 14.6. The molecule has 4 nitrogen and oxygen atoms in total. The molecule has 26 heavy (non-hydrogen) atoms. The van der Waals surface area contributed by atoms with E-state index in [1.165, 1.54) is 6.42 Å². The van der Waals surface area contributed by atoms with Crippen LogP contribution in [0.1, 0.15) is 42.9 Å². The Balaban J connectivity index is 1.71. The zero-order chi connectivity index (χ0) is 17.9. The number of benzene rings is 1. The molecule has 1 aromatic carbocycles. The first-order valence-electron chi connectivity index (χ1n) is 9.17. The van der Waals surface area contributed by atoms with E-state index in [-0.39, 0.29) is 11.8 Å². The second-order valence-corrected chi connectivity index (χ2v) is 7.30. The average molecular weight is 368 g/mol. The van der Waals surface area contributed by atoms with Crippen LogP contribution in [0.3, 0.4) is 0 Å². The lowest BCUT2D eigenvalue weighted by Gasteiger charge is -2.28. The summed E-state index contributed by atoms with van der Waals surface area (Å²) in [5.41, 5.74) is 2.97. The predicted molar refractivity (Wildman–Crippen MR) is 104 cm³/mol. The Hall–Kier alpha value is -2.33. The second kappa shape index (κ2) is 7.50. The molecule has 4 rings (SSSR count). The lowest BCUT2D eigenvalue weighted by molar-refractivity contribution is -0.132. The molecule has 0 spiro atoms. The molecule has 3 aromatic rings. The van der Waals surface area contributed by atoms with Crippen LogP contribution in [0.25, 0.3) is 5.65 Å². The number of imidazole rings is 1. The summed E-state index contributed by atoms with van der Waals surface area (Å²) in [6.45, 7) is 1.75. The van der Waals surface area contributed by atoms with E-state index in [1.807, 2.05) is 52.0 Å². The number of likely N-dealkylation sites (tertiary alicyclic amines) is 1. The molecule has 1 amide bonds. The number of fused-ring (bicyclic) bond motifs is 1. The molecule has 0 saturated carbocycles. The standard InChI is InChI=1S/C21H22ClN3O/c22-17-9-10-20-23-14-19(25(20)15-17)18(16-7-3-1-4-8-16)13-21(26)24-11-5-2-6-12-24/h1,3-4,7-10,14-15,18H,2,5-6,11-13H2. The number of pyridine rings is 1. The van der Waals surface area contributed by atoms with Crippen LogP contribution in [0.4, 0.5) is 0 Å². The molecule has 3 heterocycles. The quantitative estimate of drug-likeness (QED) is 0.679. The molecule has 5 heteroatoms. The van der Waals surface area contributed by atoms with E-state index in [2.05, 4.69) is 17.1 Å². The number of rotatable bonds is 4. The minimum atomic E-state index is -0.0425. The molecular formula is C21H22ClN3O. The first kappa shape index (κ1) is 17.1.